The summed E-state index contributed by atoms with van der Waals surface area (Å²) in [5.74, 6) is 0.327. The number of anilines is 1. The van der Waals surface area contributed by atoms with Crippen LogP contribution >= 0.6 is 0 Å². The highest BCUT2D eigenvalue weighted by molar-refractivity contribution is 7.84. The van der Waals surface area contributed by atoms with Crippen molar-refractivity contribution in [3.8, 4) is 5.75 Å². The number of aryl methyl sites for hydroxylation is 2. The van der Waals surface area contributed by atoms with Crippen molar-refractivity contribution in [2.24, 2.45) is 0 Å². The van der Waals surface area contributed by atoms with Crippen molar-refractivity contribution in [1.29, 1.82) is 0 Å². The molecule has 0 bridgehead atoms. The number of fused-ring (bicyclic) bond motifs is 1. The minimum Gasteiger partial charge on any atom is -0.422 e. The Bertz CT molecular complexity index is 1190. The van der Waals surface area contributed by atoms with Crippen LogP contribution in [-0.2, 0) is 17.6 Å². The van der Waals surface area contributed by atoms with Crippen LogP contribution in [0.15, 0.2) is 45.6 Å². The first-order valence-electron chi connectivity index (χ1n) is 11.2. The predicted molar refractivity (Wildman–Crippen MR) is 140 cm³/mol. The van der Waals surface area contributed by atoms with Crippen LogP contribution in [0.5, 0.6) is 5.75 Å². The lowest BCUT2D eigenvalue weighted by Crippen LogP contribution is -2.22. The minimum atomic E-state index is -1.39. The molecular weight excluding hydrogens is 454 g/mol. The van der Waals surface area contributed by atoms with E-state index in [1.807, 2.05) is 65.8 Å². The molecule has 9 heteroatoms. The fourth-order valence-electron chi connectivity index (χ4n) is 3.10. The number of ether oxygens (including phenoxy) is 1. The Morgan fingerprint density at radius 3 is 2.35 bits per heavy atom. The van der Waals surface area contributed by atoms with E-state index in [9.17, 15) is 13.8 Å². The standard InChI is InChI=1S/C21H23N3O5S.2C2H6/c1-12-8-16-13(2)17(10-14-6-5-7-15(9-14)24-30(27)23-4)20(25)28-19(16)11-18(12)29-21(26)22-3;2*1-2/h5-9,11,23-24H,10H2,1-4H3,(H,22,26);2*1-2H3. The molecule has 1 amide bonds. The SMILES string of the molecule is CC.CC.CNC(=O)Oc1cc2oc(=O)c(Cc3cccc(NS(=O)NC)c3)c(C)c2cc1C. The number of hydrogen-bond acceptors (Lipinski definition) is 5. The zero-order valence-corrected chi connectivity index (χ0v) is 21.9. The number of nitrogens with one attached hydrogen (secondary N) is 3. The fraction of sp³-hybridized carbons (Fsp3) is 0.360. The monoisotopic (exact) mass is 489 g/mol. The maximum Gasteiger partial charge on any atom is 0.412 e. The van der Waals surface area contributed by atoms with E-state index in [0.717, 1.165) is 22.1 Å². The zero-order chi connectivity index (χ0) is 25.8. The first-order chi connectivity index (χ1) is 16.3. The Morgan fingerprint density at radius 1 is 1.06 bits per heavy atom. The third kappa shape index (κ3) is 7.43. The van der Waals surface area contributed by atoms with E-state index < -0.39 is 22.9 Å². The maximum atomic E-state index is 12.7. The normalized spacial score (nSPS) is 10.8. The second-order valence-electron chi connectivity index (χ2n) is 6.70. The Labute approximate surface area is 203 Å². The summed E-state index contributed by atoms with van der Waals surface area (Å²) in [7, 11) is 3.06. The lowest BCUT2D eigenvalue weighted by molar-refractivity contribution is 0.202. The third-order valence-electron chi connectivity index (χ3n) is 4.69. The maximum absolute atomic E-state index is 12.7. The van der Waals surface area contributed by atoms with Crippen LogP contribution in [-0.4, -0.2) is 24.4 Å². The van der Waals surface area contributed by atoms with Gasteiger partial charge in [-0.05, 0) is 55.8 Å². The predicted octanol–water partition coefficient (Wildman–Crippen LogP) is 4.98. The van der Waals surface area contributed by atoms with Gasteiger partial charge in [0.15, 0.2) is 11.2 Å². The zero-order valence-electron chi connectivity index (χ0n) is 21.1. The summed E-state index contributed by atoms with van der Waals surface area (Å²) in [5.41, 5.74) is 3.53. The molecule has 8 nitrogen and oxygen atoms in total. The molecule has 3 aromatic rings. The van der Waals surface area contributed by atoms with Crippen LogP contribution in [0.2, 0.25) is 0 Å². The van der Waals surface area contributed by atoms with Gasteiger partial charge in [-0.2, -0.15) is 0 Å². The Balaban J connectivity index is 0.00000137. The highest BCUT2D eigenvalue weighted by Gasteiger charge is 2.15. The summed E-state index contributed by atoms with van der Waals surface area (Å²) in [6, 6.07) is 10.7. The van der Waals surface area contributed by atoms with E-state index in [1.165, 1.54) is 7.05 Å². The van der Waals surface area contributed by atoms with E-state index in [-0.39, 0.29) is 0 Å². The molecule has 0 spiro atoms. The highest BCUT2D eigenvalue weighted by Crippen LogP contribution is 2.29. The van der Waals surface area contributed by atoms with Crippen molar-refractivity contribution in [2.75, 3.05) is 18.8 Å². The molecule has 0 aliphatic rings. The number of amides is 1. The van der Waals surface area contributed by atoms with E-state index >= 15 is 0 Å². The molecule has 1 heterocycles. The van der Waals surface area contributed by atoms with Crippen LogP contribution in [0.1, 0.15) is 49.9 Å². The van der Waals surface area contributed by atoms with Gasteiger partial charge in [0.05, 0.1) is 0 Å². The molecule has 3 rings (SSSR count). The van der Waals surface area contributed by atoms with Crippen molar-refractivity contribution in [3.63, 3.8) is 0 Å². The van der Waals surface area contributed by atoms with Gasteiger partial charge in [-0.25, -0.2) is 18.5 Å². The molecule has 3 N–H and O–H groups in total. The average molecular weight is 490 g/mol. The molecule has 0 radical (unpaired) electrons. The summed E-state index contributed by atoms with van der Waals surface area (Å²) >= 11 is -1.39. The second kappa shape index (κ2) is 14.2. The quantitative estimate of drug-likeness (QED) is 0.423. The fourth-order valence-corrected chi connectivity index (χ4v) is 3.54. The lowest BCUT2D eigenvalue weighted by Gasteiger charge is -2.12. The second-order valence-corrected chi connectivity index (χ2v) is 7.85. The van der Waals surface area contributed by atoms with Gasteiger partial charge in [0.1, 0.15) is 11.3 Å². The summed E-state index contributed by atoms with van der Waals surface area (Å²) in [4.78, 5) is 24.2. The number of carbonyl (C=O) groups is 1. The van der Waals surface area contributed by atoms with Gasteiger partial charge in [0.25, 0.3) is 0 Å². The summed E-state index contributed by atoms with van der Waals surface area (Å²) in [5, 5.41) is 3.16. The molecule has 1 aromatic heterocycles. The van der Waals surface area contributed by atoms with Crippen LogP contribution in [0, 0.1) is 13.8 Å². The van der Waals surface area contributed by atoms with Crippen molar-refractivity contribution in [1.82, 2.24) is 10.0 Å². The van der Waals surface area contributed by atoms with Gasteiger partial charge in [-0.15, -0.1) is 0 Å². The van der Waals surface area contributed by atoms with E-state index in [2.05, 4.69) is 14.8 Å². The van der Waals surface area contributed by atoms with Gasteiger partial charge in [-0.1, -0.05) is 39.8 Å². The van der Waals surface area contributed by atoms with Crippen molar-refractivity contribution in [3.05, 3.63) is 69.1 Å². The summed E-state index contributed by atoms with van der Waals surface area (Å²) in [6.45, 7) is 11.7. The molecule has 1 unspecified atom stereocenters. The first-order valence-corrected chi connectivity index (χ1v) is 12.4. The van der Waals surface area contributed by atoms with Gasteiger partial charge < -0.3 is 14.5 Å². The average Bonchev–Trinajstić information content (AvgIpc) is 2.85. The van der Waals surface area contributed by atoms with Gasteiger partial charge in [-0.3, -0.25) is 4.72 Å². The summed E-state index contributed by atoms with van der Waals surface area (Å²) < 4.78 is 27.8. The first kappa shape index (κ1) is 28.9. The largest absolute Gasteiger partial charge is 0.422 e. The third-order valence-corrected chi connectivity index (χ3v) is 5.49. The van der Waals surface area contributed by atoms with Crippen LogP contribution in [0.25, 0.3) is 11.0 Å². The summed E-state index contributed by atoms with van der Waals surface area (Å²) in [6.07, 6.45) is -0.234. The van der Waals surface area contributed by atoms with E-state index in [0.29, 0.717) is 29.0 Å². The molecule has 0 fully saturated rings. The Kier molecular flexibility index (Phi) is 12.0. The number of carbonyl (C=O) groups excluding carboxylic acids is 1. The molecule has 34 heavy (non-hydrogen) atoms. The lowest BCUT2D eigenvalue weighted by atomic mass is 9.98. The molecule has 186 valence electrons. The number of hydrogen-bond donors (Lipinski definition) is 3. The molecule has 0 saturated heterocycles. The molecule has 0 aliphatic carbocycles. The van der Waals surface area contributed by atoms with Crippen molar-refractivity contribution in [2.45, 2.75) is 48.0 Å². The van der Waals surface area contributed by atoms with E-state index in [4.69, 9.17) is 9.15 Å². The van der Waals surface area contributed by atoms with Gasteiger partial charge in [0.2, 0.25) is 0 Å². The van der Waals surface area contributed by atoms with Crippen LogP contribution in [0.4, 0.5) is 10.5 Å². The van der Waals surface area contributed by atoms with Crippen molar-refractivity contribution >= 4 is 33.9 Å². The smallest absolute Gasteiger partial charge is 0.412 e. The van der Waals surface area contributed by atoms with Crippen molar-refractivity contribution < 1.29 is 18.2 Å². The number of rotatable bonds is 6. The highest BCUT2D eigenvalue weighted by atomic mass is 32.2. The Morgan fingerprint density at radius 2 is 1.74 bits per heavy atom. The topological polar surface area (TPSA) is 110 Å². The Hall–Kier alpha value is -3.17. The minimum absolute atomic E-state index is 0.327. The van der Waals surface area contributed by atoms with Crippen LogP contribution in [0.3, 0.4) is 0 Å². The molecule has 0 aliphatic heterocycles. The molecular formula is C25H35N3O5S. The van der Waals surface area contributed by atoms with Crippen LogP contribution < -0.4 is 25.1 Å². The van der Waals surface area contributed by atoms with Gasteiger partial charge in [0, 0.05) is 36.2 Å². The molecule has 1 atom stereocenters. The molecule has 2 aromatic carbocycles. The molecule has 0 saturated carbocycles. The van der Waals surface area contributed by atoms with Gasteiger partial charge >= 0.3 is 11.7 Å². The van der Waals surface area contributed by atoms with E-state index in [1.54, 1.807) is 19.2 Å². The number of benzene rings is 2.